The minimum atomic E-state index is 0.0321. The number of carbonyl (C=O) groups excluding carboxylic acids is 1. The Morgan fingerprint density at radius 2 is 2.43 bits per heavy atom. The first-order valence-electron chi connectivity index (χ1n) is 3.54. The molecule has 2 aromatic rings. The van der Waals surface area contributed by atoms with Crippen LogP contribution in [0.15, 0.2) is 16.9 Å². The maximum absolute atomic E-state index is 12.3. The zero-order valence-electron chi connectivity index (χ0n) is 6.65. The molecule has 0 saturated heterocycles. The highest BCUT2D eigenvalue weighted by Gasteiger charge is 2.09. The lowest BCUT2D eigenvalue weighted by Gasteiger charge is -1.97. The fraction of sp³-hybridized carbons (Fsp3) is 0. The van der Waals surface area contributed by atoms with Gasteiger partial charge in [-0.25, -0.2) is 13.9 Å². The van der Waals surface area contributed by atoms with Crippen LogP contribution in [-0.4, -0.2) is 20.2 Å². The van der Waals surface area contributed by atoms with Gasteiger partial charge in [0.15, 0.2) is 24.3 Å². The second kappa shape index (κ2) is 3.66. The van der Waals surface area contributed by atoms with Crippen molar-refractivity contribution in [1.29, 1.82) is 0 Å². The Balaban J connectivity index is 2.75. The highest BCUT2D eigenvalue weighted by molar-refractivity contribution is 9.10. The van der Waals surface area contributed by atoms with Crippen molar-refractivity contribution in [3.8, 4) is 0 Å². The van der Waals surface area contributed by atoms with Crippen molar-refractivity contribution in [1.82, 2.24) is 13.9 Å². The molecular formula is C7H3BrFN3OS. The van der Waals surface area contributed by atoms with Crippen molar-refractivity contribution in [2.75, 3.05) is 0 Å². The number of halogens is 2. The van der Waals surface area contributed by atoms with Gasteiger partial charge in [-0.2, -0.15) is 0 Å². The molecule has 0 fully saturated rings. The van der Waals surface area contributed by atoms with Crippen LogP contribution < -0.4 is 0 Å². The van der Waals surface area contributed by atoms with Crippen LogP contribution >= 0.6 is 28.3 Å². The summed E-state index contributed by atoms with van der Waals surface area (Å²) in [6.07, 6.45) is 1.93. The molecule has 0 saturated carbocycles. The third-order valence-corrected chi connectivity index (χ3v) is 2.75. The molecule has 0 radical (unpaired) electrons. The van der Waals surface area contributed by atoms with Gasteiger partial charge in [-0.3, -0.25) is 4.79 Å². The summed E-state index contributed by atoms with van der Waals surface area (Å²) in [6, 6.07) is 1.60. The van der Waals surface area contributed by atoms with Gasteiger partial charge in [-0.15, -0.1) is 3.89 Å². The Kier molecular flexibility index (Phi) is 2.51. The van der Waals surface area contributed by atoms with E-state index in [-0.39, 0.29) is 18.0 Å². The van der Waals surface area contributed by atoms with Crippen LogP contribution in [0.25, 0.3) is 11.2 Å². The van der Waals surface area contributed by atoms with Crippen molar-refractivity contribution < 1.29 is 8.68 Å². The summed E-state index contributed by atoms with van der Waals surface area (Å²) in [5, 5.41) is 0. The molecule has 0 aromatic carbocycles. The maximum Gasteiger partial charge on any atom is 0.179 e. The SMILES string of the molecule is O=Cc1nc2ncn(SF)c2cc1Br. The van der Waals surface area contributed by atoms with Gasteiger partial charge in [0.25, 0.3) is 0 Å². The van der Waals surface area contributed by atoms with Crippen molar-refractivity contribution >= 4 is 45.7 Å². The molecular weight excluding hydrogens is 273 g/mol. The molecule has 2 heterocycles. The van der Waals surface area contributed by atoms with E-state index in [2.05, 4.69) is 25.9 Å². The number of aldehydes is 1. The first-order chi connectivity index (χ1) is 6.76. The maximum atomic E-state index is 12.3. The summed E-state index contributed by atoms with van der Waals surface area (Å²) < 4.78 is 14.1. The van der Waals surface area contributed by atoms with Crippen LogP contribution in [0.3, 0.4) is 0 Å². The van der Waals surface area contributed by atoms with Crippen molar-refractivity contribution in [3.63, 3.8) is 0 Å². The molecule has 14 heavy (non-hydrogen) atoms. The predicted molar refractivity (Wildman–Crippen MR) is 54.7 cm³/mol. The number of carbonyl (C=O) groups is 1. The van der Waals surface area contributed by atoms with Gasteiger partial charge in [-0.1, -0.05) is 0 Å². The summed E-state index contributed by atoms with van der Waals surface area (Å²) in [4.78, 5) is 18.3. The Hall–Kier alpha value is -0.950. The molecule has 7 heteroatoms. The zero-order valence-corrected chi connectivity index (χ0v) is 9.05. The number of nitrogens with zero attached hydrogens (tertiary/aromatic N) is 3. The molecule has 0 atom stereocenters. The van der Waals surface area contributed by atoms with Gasteiger partial charge in [0, 0.05) is 4.47 Å². The number of hydrogen-bond donors (Lipinski definition) is 0. The van der Waals surface area contributed by atoms with Crippen LogP contribution in [0.5, 0.6) is 0 Å². The summed E-state index contributed by atoms with van der Waals surface area (Å²) in [5.74, 6) is 0. The van der Waals surface area contributed by atoms with E-state index in [0.717, 1.165) is 0 Å². The number of hydrogen-bond acceptors (Lipinski definition) is 4. The predicted octanol–water partition coefficient (Wildman–Crippen LogP) is 2.39. The highest BCUT2D eigenvalue weighted by atomic mass is 79.9. The van der Waals surface area contributed by atoms with Gasteiger partial charge in [-0.05, 0) is 22.0 Å². The van der Waals surface area contributed by atoms with E-state index in [1.54, 1.807) is 6.07 Å². The van der Waals surface area contributed by atoms with Gasteiger partial charge in [0.05, 0.1) is 0 Å². The Morgan fingerprint density at radius 1 is 1.64 bits per heavy atom. The van der Waals surface area contributed by atoms with E-state index in [0.29, 0.717) is 21.9 Å². The largest absolute Gasteiger partial charge is 0.296 e. The van der Waals surface area contributed by atoms with E-state index in [4.69, 9.17) is 0 Å². The quantitative estimate of drug-likeness (QED) is 0.790. The van der Waals surface area contributed by atoms with Crippen LogP contribution in [0.2, 0.25) is 0 Å². The number of rotatable bonds is 2. The molecule has 0 aliphatic rings. The molecule has 0 aliphatic carbocycles. The summed E-state index contributed by atoms with van der Waals surface area (Å²) >= 11 is 3.19. The van der Waals surface area contributed by atoms with E-state index in [1.165, 1.54) is 10.3 Å². The van der Waals surface area contributed by atoms with Crippen molar-refractivity contribution in [2.24, 2.45) is 0 Å². The first kappa shape index (κ1) is 9.60. The number of fused-ring (bicyclic) bond motifs is 1. The lowest BCUT2D eigenvalue weighted by atomic mass is 10.3. The fourth-order valence-corrected chi connectivity index (χ4v) is 1.74. The Labute approximate surface area is 91.1 Å². The van der Waals surface area contributed by atoms with Gasteiger partial charge < -0.3 is 0 Å². The number of pyridine rings is 1. The molecule has 72 valence electrons. The molecule has 0 N–H and O–H groups in total. The molecule has 0 aliphatic heterocycles. The van der Waals surface area contributed by atoms with Crippen LogP contribution in [-0.2, 0) is 0 Å². The monoisotopic (exact) mass is 275 g/mol. The first-order valence-corrected chi connectivity index (χ1v) is 5.01. The van der Waals surface area contributed by atoms with Crippen LogP contribution in [0, 0.1) is 0 Å². The summed E-state index contributed by atoms with van der Waals surface area (Å²) in [7, 11) is 0. The van der Waals surface area contributed by atoms with E-state index in [9.17, 15) is 8.68 Å². The minimum Gasteiger partial charge on any atom is -0.296 e. The molecule has 0 amide bonds. The molecule has 4 nitrogen and oxygen atoms in total. The average Bonchev–Trinajstić information content (AvgIpc) is 2.58. The smallest absolute Gasteiger partial charge is 0.179 e. The van der Waals surface area contributed by atoms with Gasteiger partial charge in [0.2, 0.25) is 0 Å². The van der Waals surface area contributed by atoms with Crippen LogP contribution in [0.1, 0.15) is 10.5 Å². The highest BCUT2D eigenvalue weighted by Crippen LogP contribution is 2.22. The molecule has 0 unspecified atom stereocenters. The van der Waals surface area contributed by atoms with E-state index < -0.39 is 0 Å². The van der Waals surface area contributed by atoms with Gasteiger partial charge >= 0.3 is 0 Å². The molecule has 0 spiro atoms. The topological polar surface area (TPSA) is 47.8 Å². The van der Waals surface area contributed by atoms with Crippen LogP contribution in [0.4, 0.5) is 3.89 Å². The molecule has 0 bridgehead atoms. The number of aromatic nitrogens is 3. The summed E-state index contributed by atoms with van der Waals surface area (Å²) in [5.41, 5.74) is 1.13. The van der Waals surface area contributed by atoms with E-state index >= 15 is 0 Å². The normalized spacial score (nSPS) is 10.7. The third-order valence-electron chi connectivity index (χ3n) is 1.67. The van der Waals surface area contributed by atoms with E-state index in [1.807, 2.05) is 0 Å². The Morgan fingerprint density at radius 3 is 3.07 bits per heavy atom. The zero-order chi connectivity index (χ0) is 10.1. The minimum absolute atomic E-state index is 0.0321. The van der Waals surface area contributed by atoms with Gasteiger partial charge in [0.1, 0.15) is 17.5 Å². The standard InChI is InChI=1S/C7H3BrFN3OS/c8-4-1-6-7(11-5(4)2-13)10-3-12(6)14-9/h1-3H. The second-order valence-corrected chi connectivity index (χ2v) is 3.84. The Bertz CT molecular complexity index is 501. The average molecular weight is 276 g/mol. The lowest BCUT2D eigenvalue weighted by molar-refractivity contribution is 0.111. The molecule has 2 rings (SSSR count). The van der Waals surface area contributed by atoms with Crippen molar-refractivity contribution in [2.45, 2.75) is 0 Å². The lowest BCUT2D eigenvalue weighted by Crippen LogP contribution is -1.90. The summed E-state index contributed by atoms with van der Waals surface area (Å²) in [6.45, 7) is 0. The number of imidazole rings is 1. The van der Waals surface area contributed by atoms with Crippen molar-refractivity contribution in [3.05, 3.63) is 22.6 Å². The molecule has 2 aromatic heterocycles. The fourth-order valence-electron chi connectivity index (χ4n) is 1.05. The second-order valence-electron chi connectivity index (χ2n) is 2.46. The third kappa shape index (κ3) is 1.42.